The summed E-state index contributed by atoms with van der Waals surface area (Å²) in [6, 6.07) is 3.45. The van der Waals surface area contributed by atoms with Crippen LogP contribution in [0, 0.1) is 0 Å². The number of hydrogen-bond acceptors (Lipinski definition) is 4. The molecule has 0 aliphatic heterocycles. The number of halogens is 1. The molecule has 0 spiro atoms. The summed E-state index contributed by atoms with van der Waals surface area (Å²) in [6.07, 6.45) is 1.63. The second kappa shape index (κ2) is 3.89. The van der Waals surface area contributed by atoms with Crippen LogP contribution in [-0.4, -0.2) is 26.0 Å². The quantitative estimate of drug-likeness (QED) is 0.857. The third kappa shape index (κ3) is 2.31. The molecule has 0 bridgehead atoms. The van der Waals surface area contributed by atoms with Crippen LogP contribution in [0.25, 0.3) is 5.65 Å². The Morgan fingerprint density at radius 2 is 2.24 bits per heavy atom. The third-order valence-electron chi connectivity index (χ3n) is 2.34. The molecule has 0 aliphatic carbocycles. The molecule has 0 unspecified atom stereocenters. The molecule has 0 saturated heterocycles. The van der Waals surface area contributed by atoms with Crippen LogP contribution in [0.4, 0.5) is 5.95 Å². The largest absolute Gasteiger partial charge is 0.368 e. The lowest BCUT2D eigenvalue weighted by atomic mass is 10.1. The minimum Gasteiger partial charge on any atom is -0.368 e. The van der Waals surface area contributed by atoms with Crippen LogP contribution in [0.15, 0.2) is 18.3 Å². The van der Waals surface area contributed by atoms with E-state index in [2.05, 4.69) is 15.4 Å². The summed E-state index contributed by atoms with van der Waals surface area (Å²) in [4.78, 5) is 15.4. The number of carbonyl (C=O) groups excluding carboxylic acids is 1. The Labute approximate surface area is 103 Å². The van der Waals surface area contributed by atoms with Gasteiger partial charge in [-0.15, -0.1) is 5.10 Å². The van der Waals surface area contributed by atoms with E-state index in [0.717, 1.165) is 0 Å². The van der Waals surface area contributed by atoms with Crippen molar-refractivity contribution in [3.63, 3.8) is 0 Å². The van der Waals surface area contributed by atoms with Crippen LogP contribution in [-0.2, 0) is 4.79 Å². The zero-order valence-corrected chi connectivity index (χ0v) is 10.2. The SMILES string of the molecule is CC(C)(Nc1nc2ccc(Cl)cn2n1)C(N)=O. The molecule has 1 amide bonds. The Hall–Kier alpha value is -1.82. The van der Waals surface area contributed by atoms with Gasteiger partial charge in [-0.25, -0.2) is 4.52 Å². The topological polar surface area (TPSA) is 85.3 Å². The predicted octanol–water partition coefficient (Wildman–Crippen LogP) is 1.06. The van der Waals surface area contributed by atoms with Gasteiger partial charge in [-0.1, -0.05) is 11.6 Å². The van der Waals surface area contributed by atoms with Gasteiger partial charge in [0, 0.05) is 6.20 Å². The van der Waals surface area contributed by atoms with Crippen LogP contribution in [0.2, 0.25) is 5.02 Å². The summed E-state index contributed by atoms with van der Waals surface area (Å²) >= 11 is 5.83. The molecule has 17 heavy (non-hydrogen) atoms. The van der Waals surface area contributed by atoms with Gasteiger partial charge < -0.3 is 11.1 Å². The highest BCUT2D eigenvalue weighted by molar-refractivity contribution is 6.30. The first-order valence-corrected chi connectivity index (χ1v) is 5.36. The second-order valence-corrected chi connectivity index (χ2v) is 4.64. The Balaban J connectivity index is 2.34. The maximum absolute atomic E-state index is 11.2. The van der Waals surface area contributed by atoms with Crippen molar-refractivity contribution in [2.75, 3.05) is 5.32 Å². The van der Waals surface area contributed by atoms with Gasteiger partial charge in [0.25, 0.3) is 0 Å². The molecular weight excluding hydrogens is 242 g/mol. The first-order chi connectivity index (χ1) is 7.88. The molecule has 0 atom stereocenters. The van der Waals surface area contributed by atoms with Gasteiger partial charge in [-0.05, 0) is 26.0 Å². The van der Waals surface area contributed by atoms with E-state index < -0.39 is 11.4 Å². The summed E-state index contributed by atoms with van der Waals surface area (Å²) in [6.45, 7) is 3.32. The molecule has 0 aliphatic rings. The van der Waals surface area contributed by atoms with Crippen molar-refractivity contribution < 1.29 is 4.79 Å². The first kappa shape index (κ1) is 11.7. The van der Waals surface area contributed by atoms with E-state index in [1.54, 1.807) is 32.2 Å². The molecule has 6 nitrogen and oxygen atoms in total. The minimum atomic E-state index is -0.908. The first-order valence-electron chi connectivity index (χ1n) is 4.98. The fourth-order valence-corrected chi connectivity index (χ4v) is 1.41. The van der Waals surface area contributed by atoms with Gasteiger partial charge >= 0.3 is 0 Å². The van der Waals surface area contributed by atoms with E-state index in [1.807, 2.05) is 0 Å². The number of pyridine rings is 1. The number of amides is 1. The fraction of sp³-hybridized carbons (Fsp3) is 0.300. The number of fused-ring (bicyclic) bond motifs is 1. The van der Waals surface area contributed by atoms with Crippen molar-refractivity contribution in [3.8, 4) is 0 Å². The lowest BCUT2D eigenvalue weighted by molar-refractivity contribution is -0.121. The van der Waals surface area contributed by atoms with Gasteiger partial charge in [0.05, 0.1) is 5.02 Å². The maximum atomic E-state index is 11.2. The molecule has 2 heterocycles. The van der Waals surface area contributed by atoms with Crippen molar-refractivity contribution in [2.45, 2.75) is 19.4 Å². The number of rotatable bonds is 3. The summed E-state index contributed by atoms with van der Waals surface area (Å²) < 4.78 is 1.53. The average Bonchev–Trinajstić information content (AvgIpc) is 2.57. The molecule has 90 valence electrons. The van der Waals surface area contributed by atoms with Crippen LogP contribution in [0.1, 0.15) is 13.8 Å². The van der Waals surface area contributed by atoms with Crippen molar-refractivity contribution in [1.29, 1.82) is 0 Å². The highest BCUT2D eigenvalue weighted by Crippen LogP contribution is 2.14. The molecule has 0 radical (unpaired) electrons. The van der Waals surface area contributed by atoms with Gasteiger partial charge in [-0.2, -0.15) is 4.98 Å². The Morgan fingerprint density at radius 1 is 1.53 bits per heavy atom. The molecular formula is C10H12ClN5O. The van der Waals surface area contributed by atoms with Gasteiger partial charge in [-0.3, -0.25) is 4.79 Å². The Morgan fingerprint density at radius 3 is 2.88 bits per heavy atom. The molecule has 2 rings (SSSR count). The lowest BCUT2D eigenvalue weighted by Gasteiger charge is -2.20. The van der Waals surface area contributed by atoms with E-state index in [1.165, 1.54) is 4.52 Å². The van der Waals surface area contributed by atoms with Crippen molar-refractivity contribution in [2.24, 2.45) is 5.73 Å². The normalized spacial score (nSPS) is 11.7. The van der Waals surface area contributed by atoms with Crippen LogP contribution >= 0.6 is 11.6 Å². The molecule has 3 N–H and O–H groups in total. The number of aromatic nitrogens is 3. The van der Waals surface area contributed by atoms with E-state index in [-0.39, 0.29) is 0 Å². The number of hydrogen-bond donors (Lipinski definition) is 2. The minimum absolute atomic E-state index is 0.330. The Kier molecular flexibility index (Phi) is 2.66. The molecule has 0 saturated carbocycles. The number of nitrogens with two attached hydrogens (primary N) is 1. The van der Waals surface area contributed by atoms with Gasteiger partial charge in [0.15, 0.2) is 5.65 Å². The number of nitrogens with zero attached hydrogens (tertiary/aromatic N) is 3. The summed E-state index contributed by atoms with van der Waals surface area (Å²) in [5, 5.41) is 7.57. The van der Waals surface area contributed by atoms with E-state index in [4.69, 9.17) is 17.3 Å². The van der Waals surface area contributed by atoms with Crippen LogP contribution in [0.3, 0.4) is 0 Å². The van der Waals surface area contributed by atoms with Gasteiger partial charge in [0.1, 0.15) is 5.54 Å². The van der Waals surface area contributed by atoms with Gasteiger partial charge in [0.2, 0.25) is 11.9 Å². The highest BCUT2D eigenvalue weighted by atomic mass is 35.5. The smallest absolute Gasteiger partial charge is 0.243 e. The summed E-state index contributed by atoms with van der Waals surface area (Å²) in [7, 11) is 0. The second-order valence-electron chi connectivity index (χ2n) is 4.20. The number of nitrogens with one attached hydrogen (secondary N) is 1. The van der Waals surface area contributed by atoms with Crippen LogP contribution in [0.5, 0.6) is 0 Å². The Bertz CT molecular complexity index is 577. The highest BCUT2D eigenvalue weighted by Gasteiger charge is 2.26. The van der Waals surface area contributed by atoms with E-state index in [9.17, 15) is 4.79 Å². The lowest BCUT2D eigenvalue weighted by Crippen LogP contribution is -2.45. The monoisotopic (exact) mass is 253 g/mol. The molecule has 0 aromatic carbocycles. The average molecular weight is 254 g/mol. The molecule has 7 heteroatoms. The predicted molar refractivity (Wildman–Crippen MR) is 64.9 cm³/mol. The standard InChI is InChI=1S/C10H12ClN5O/c1-10(2,8(12)17)14-9-13-7-4-3-6(11)5-16(7)15-9/h3-5H,1-2H3,(H2,12,17)(H,14,15). The maximum Gasteiger partial charge on any atom is 0.243 e. The molecule has 0 fully saturated rings. The molecule has 2 aromatic rings. The number of carbonyl (C=O) groups is 1. The number of anilines is 1. The van der Waals surface area contributed by atoms with Crippen molar-refractivity contribution in [1.82, 2.24) is 14.6 Å². The summed E-state index contributed by atoms with van der Waals surface area (Å²) in [5.41, 5.74) is 4.98. The van der Waals surface area contributed by atoms with E-state index in [0.29, 0.717) is 16.6 Å². The van der Waals surface area contributed by atoms with E-state index >= 15 is 0 Å². The zero-order valence-electron chi connectivity index (χ0n) is 9.44. The number of primary amides is 1. The van der Waals surface area contributed by atoms with Crippen molar-refractivity contribution >= 4 is 29.1 Å². The third-order valence-corrected chi connectivity index (χ3v) is 2.56. The zero-order chi connectivity index (χ0) is 12.6. The van der Waals surface area contributed by atoms with Crippen LogP contribution < -0.4 is 11.1 Å². The summed E-state index contributed by atoms with van der Waals surface area (Å²) in [5.74, 6) is -0.148. The molecule has 2 aromatic heterocycles. The van der Waals surface area contributed by atoms with Crippen molar-refractivity contribution in [3.05, 3.63) is 23.4 Å². The fourth-order valence-electron chi connectivity index (χ4n) is 1.25.